The van der Waals surface area contributed by atoms with E-state index >= 15 is 0 Å². The number of anilines is 2. The molecule has 0 aromatic heterocycles. The molecule has 0 fully saturated rings. The molecule has 2 aromatic rings. The highest BCUT2D eigenvalue weighted by Gasteiger charge is 2.14. The van der Waals surface area contributed by atoms with Gasteiger partial charge in [0.15, 0.2) is 0 Å². The van der Waals surface area contributed by atoms with E-state index in [1.165, 1.54) is 12.1 Å². The Bertz CT molecular complexity index is 680. The second kappa shape index (κ2) is 5.33. The molecule has 104 valence electrons. The largest absolute Gasteiger partial charge is 0.397 e. The molecule has 4 heteroatoms. The number of hydrogen-bond acceptors (Lipinski definition) is 2. The molecule has 2 rings (SSSR count). The molecule has 0 radical (unpaired) electrons. The number of amides is 1. The zero-order chi connectivity index (χ0) is 14.9. The van der Waals surface area contributed by atoms with Gasteiger partial charge >= 0.3 is 0 Å². The lowest BCUT2D eigenvalue weighted by atomic mass is 10.0. The molecule has 2 aromatic carbocycles. The molecule has 0 bridgehead atoms. The first-order valence-corrected chi connectivity index (χ1v) is 6.33. The van der Waals surface area contributed by atoms with Crippen molar-refractivity contribution in [3.8, 4) is 0 Å². The Labute approximate surface area is 117 Å². The van der Waals surface area contributed by atoms with Crippen molar-refractivity contribution < 1.29 is 9.18 Å². The van der Waals surface area contributed by atoms with E-state index in [2.05, 4.69) is 5.32 Å². The third-order valence-electron chi connectivity index (χ3n) is 3.45. The summed E-state index contributed by atoms with van der Waals surface area (Å²) >= 11 is 0. The zero-order valence-electron chi connectivity index (χ0n) is 11.8. The van der Waals surface area contributed by atoms with Gasteiger partial charge in [0.1, 0.15) is 5.82 Å². The normalized spacial score (nSPS) is 10.4. The van der Waals surface area contributed by atoms with E-state index in [0.29, 0.717) is 22.5 Å². The summed E-state index contributed by atoms with van der Waals surface area (Å²) in [6.45, 7) is 5.60. The van der Waals surface area contributed by atoms with Crippen LogP contribution in [0.25, 0.3) is 0 Å². The van der Waals surface area contributed by atoms with E-state index in [-0.39, 0.29) is 5.91 Å². The van der Waals surface area contributed by atoms with Crippen LogP contribution < -0.4 is 11.1 Å². The molecule has 0 unspecified atom stereocenters. The van der Waals surface area contributed by atoms with Crippen molar-refractivity contribution in [2.45, 2.75) is 20.8 Å². The predicted octanol–water partition coefficient (Wildman–Crippen LogP) is 3.59. The third kappa shape index (κ3) is 2.64. The number of halogens is 1. The minimum atomic E-state index is -0.435. The van der Waals surface area contributed by atoms with Gasteiger partial charge < -0.3 is 11.1 Å². The summed E-state index contributed by atoms with van der Waals surface area (Å²) in [5, 5.41) is 2.77. The first-order valence-electron chi connectivity index (χ1n) is 6.33. The molecule has 3 nitrogen and oxygen atoms in total. The molecule has 0 saturated carbocycles. The highest BCUT2D eigenvalue weighted by Crippen LogP contribution is 2.26. The first-order chi connectivity index (χ1) is 9.40. The Hall–Kier alpha value is -2.36. The number of nitrogens with one attached hydrogen (secondary N) is 1. The lowest BCUT2D eigenvalue weighted by Gasteiger charge is -2.14. The van der Waals surface area contributed by atoms with Crippen molar-refractivity contribution >= 4 is 17.3 Å². The average molecular weight is 272 g/mol. The highest BCUT2D eigenvalue weighted by atomic mass is 19.1. The molecule has 0 aliphatic heterocycles. The van der Waals surface area contributed by atoms with E-state index in [1.807, 2.05) is 19.9 Å². The van der Waals surface area contributed by atoms with Crippen LogP contribution in [0.5, 0.6) is 0 Å². The van der Waals surface area contributed by atoms with Crippen LogP contribution in [0.3, 0.4) is 0 Å². The Morgan fingerprint density at radius 2 is 1.75 bits per heavy atom. The van der Waals surface area contributed by atoms with Crippen LogP contribution in [-0.4, -0.2) is 5.91 Å². The van der Waals surface area contributed by atoms with Gasteiger partial charge in [0.2, 0.25) is 0 Å². The van der Waals surface area contributed by atoms with Gasteiger partial charge in [0, 0.05) is 5.56 Å². The van der Waals surface area contributed by atoms with Gasteiger partial charge in [-0.15, -0.1) is 0 Å². The van der Waals surface area contributed by atoms with Gasteiger partial charge in [0.25, 0.3) is 5.91 Å². The first kappa shape index (κ1) is 14.1. The molecular formula is C16H17FN2O. The number of hydrogen-bond donors (Lipinski definition) is 2. The standard InChI is InChI=1S/C16H17FN2O/c1-9-5-7-14(18)15(11(9)3)19-16(20)13-8-12(17)6-4-10(13)2/h4-8H,18H2,1-3H3,(H,19,20). The van der Waals surface area contributed by atoms with Gasteiger partial charge in [-0.2, -0.15) is 0 Å². The topological polar surface area (TPSA) is 55.1 Å². The molecule has 0 saturated heterocycles. The fourth-order valence-corrected chi connectivity index (χ4v) is 2.02. The van der Waals surface area contributed by atoms with Crippen LogP contribution in [0, 0.1) is 26.6 Å². The Balaban J connectivity index is 2.38. The molecule has 0 heterocycles. The molecule has 20 heavy (non-hydrogen) atoms. The summed E-state index contributed by atoms with van der Waals surface area (Å²) in [5.74, 6) is -0.794. The molecule has 0 aliphatic rings. The van der Waals surface area contributed by atoms with Crippen LogP contribution in [0.2, 0.25) is 0 Å². The minimum absolute atomic E-state index is 0.310. The Morgan fingerprint density at radius 3 is 2.45 bits per heavy atom. The second-order valence-electron chi connectivity index (χ2n) is 4.89. The molecule has 0 aliphatic carbocycles. The quantitative estimate of drug-likeness (QED) is 0.821. The number of benzene rings is 2. The summed E-state index contributed by atoms with van der Waals surface area (Å²) in [7, 11) is 0. The third-order valence-corrected chi connectivity index (χ3v) is 3.45. The van der Waals surface area contributed by atoms with Crippen LogP contribution in [0.1, 0.15) is 27.0 Å². The maximum Gasteiger partial charge on any atom is 0.256 e. The highest BCUT2D eigenvalue weighted by molar-refractivity contribution is 6.07. The fraction of sp³-hybridized carbons (Fsp3) is 0.188. The summed E-state index contributed by atoms with van der Waals surface area (Å²) < 4.78 is 13.3. The lowest BCUT2D eigenvalue weighted by molar-refractivity contribution is 0.102. The fourth-order valence-electron chi connectivity index (χ4n) is 2.02. The Morgan fingerprint density at radius 1 is 1.10 bits per heavy atom. The summed E-state index contributed by atoms with van der Waals surface area (Å²) in [4.78, 5) is 12.3. The number of nitrogens with two attached hydrogens (primary N) is 1. The number of nitrogen functional groups attached to an aromatic ring is 1. The monoisotopic (exact) mass is 272 g/mol. The van der Waals surface area contributed by atoms with Crippen LogP contribution in [0.15, 0.2) is 30.3 Å². The maximum absolute atomic E-state index is 13.3. The lowest BCUT2D eigenvalue weighted by Crippen LogP contribution is -2.16. The molecule has 0 spiro atoms. The van der Waals surface area contributed by atoms with Gasteiger partial charge in [0.05, 0.1) is 11.4 Å². The summed E-state index contributed by atoms with van der Waals surface area (Å²) in [5.41, 5.74) is 9.94. The van der Waals surface area contributed by atoms with E-state index in [1.54, 1.807) is 19.1 Å². The number of rotatable bonds is 2. The van der Waals surface area contributed by atoms with Crippen LogP contribution >= 0.6 is 0 Å². The van der Waals surface area contributed by atoms with E-state index < -0.39 is 5.82 Å². The molecular weight excluding hydrogens is 255 g/mol. The summed E-state index contributed by atoms with van der Waals surface area (Å²) in [6, 6.07) is 7.78. The minimum Gasteiger partial charge on any atom is -0.397 e. The summed E-state index contributed by atoms with van der Waals surface area (Å²) in [6.07, 6.45) is 0. The van der Waals surface area contributed by atoms with Crippen molar-refractivity contribution in [3.63, 3.8) is 0 Å². The number of carbonyl (C=O) groups excluding carboxylic acids is 1. The number of aryl methyl sites for hydroxylation is 2. The predicted molar refractivity (Wildman–Crippen MR) is 79.4 cm³/mol. The van der Waals surface area contributed by atoms with Crippen molar-refractivity contribution in [1.82, 2.24) is 0 Å². The van der Waals surface area contributed by atoms with Gasteiger partial charge in [-0.3, -0.25) is 4.79 Å². The second-order valence-corrected chi connectivity index (χ2v) is 4.89. The van der Waals surface area contributed by atoms with Crippen molar-refractivity contribution in [1.29, 1.82) is 0 Å². The SMILES string of the molecule is Cc1ccc(F)cc1C(=O)Nc1c(N)ccc(C)c1C. The van der Waals surface area contributed by atoms with E-state index in [0.717, 1.165) is 11.1 Å². The Kier molecular flexibility index (Phi) is 3.74. The van der Waals surface area contributed by atoms with Crippen LogP contribution in [-0.2, 0) is 0 Å². The zero-order valence-corrected chi connectivity index (χ0v) is 11.8. The van der Waals surface area contributed by atoms with Crippen molar-refractivity contribution in [2.75, 3.05) is 11.1 Å². The van der Waals surface area contributed by atoms with E-state index in [9.17, 15) is 9.18 Å². The van der Waals surface area contributed by atoms with Gasteiger partial charge in [-0.05, 0) is 55.7 Å². The molecule has 0 atom stereocenters. The van der Waals surface area contributed by atoms with Gasteiger partial charge in [-0.25, -0.2) is 4.39 Å². The van der Waals surface area contributed by atoms with Crippen LogP contribution in [0.4, 0.5) is 15.8 Å². The molecule has 1 amide bonds. The van der Waals surface area contributed by atoms with Crippen molar-refractivity contribution in [2.24, 2.45) is 0 Å². The van der Waals surface area contributed by atoms with Crippen molar-refractivity contribution in [3.05, 3.63) is 58.4 Å². The average Bonchev–Trinajstić information content (AvgIpc) is 2.41. The number of carbonyl (C=O) groups is 1. The smallest absolute Gasteiger partial charge is 0.256 e. The molecule has 3 N–H and O–H groups in total. The maximum atomic E-state index is 13.3. The van der Waals surface area contributed by atoms with Gasteiger partial charge in [-0.1, -0.05) is 12.1 Å². The van der Waals surface area contributed by atoms with E-state index in [4.69, 9.17) is 5.73 Å².